The summed E-state index contributed by atoms with van der Waals surface area (Å²) in [5.41, 5.74) is 2.61. The molecule has 1 saturated carbocycles. The Hall–Kier alpha value is -1.28. The summed E-state index contributed by atoms with van der Waals surface area (Å²) < 4.78 is 2.41. The molecular formula is C15H19NO. The maximum atomic E-state index is 9.58. The molecule has 90 valence electrons. The standard InChI is InChI=1S/C15H19NO/c1-11(17)9-12-10-16(13-5-4-6-13)15-8-3-2-7-14(12)15/h2-3,7-8,10-11,13,17H,4-6,9H2,1H3. The summed E-state index contributed by atoms with van der Waals surface area (Å²) in [6.07, 6.45) is 6.68. The van der Waals surface area contributed by atoms with Crippen LogP contribution in [0.5, 0.6) is 0 Å². The summed E-state index contributed by atoms with van der Waals surface area (Å²) in [6, 6.07) is 9.23. The Labute approximate surface area is 102 Å². The molecule has 2 heteroatoms. The van der Waals surface area contributed by atoms with Crippen molar-refractivity contribution in [1.29, 1.82) is 0 Å². The van der Waals surface area contributed by atoms with Crippen LogP contribution < -0.4 is 0 Å². The third-order valence-electron chi connectivity index (χ3n) is 3.81. The van der Waals surface area contributed by atoms with Gasteiger partial charge in [0.2, 0.25) is 0 Å². The smallest absolute Gasteiger partial charge is 0.0553 e. The zero-order chi connectivity index (χ0) is 11.8. The maximum absolute atomic E-state index is 9.58. The molecule has 1 aliphatic carbocycles. The van der Waals surface area contributed by atoms with Crippen LogP contribution in [0.3, 0.4) is 0 Å². The Balaban J connectivity index is 2.09. The number of para-hydroxylation sites is 1. The predicted molar refractivity (Wildman–Crippen MR) is 70.2 cm³/mol. The van der Waals surface area contributed by atoms with Crippen LogP contribution in [-0.4, -0.2) is 15.8 Å². The molecule has 3 rings (SSSR count). The summed E-state index contributed by atoms with van der Waals surface area (Å²) >= 11 is 0. The number of fused-ring (bicyclic) bond motifs is 1. The van der Waals surface area contributed by atoms with Gasteiger partial charge in [0.05, 0.1) is 6.10 Å². The summed E-state index contributed by atoms with van der Waals surface area (Å²) in [5, 5.41) is 10.9. The summed E-state index contributed by atoms with van der Waals surface area (Å²) in [7, 11) is 0. The SMILES string of the molecule is CC(O)Cc1cn(C2CCC2)c2ccccc12. The van der Waals surface area contributed by atoms with Crippen LogP contribution in [0, 0.1) is 0 Å². The molecule has 1 aromatic carbocycles. The second kappa shape index (κ2) is 4.19. The lowest BCUT2D eigenvalue weighted by atomic mass is 9.93. The van der Waals surface area contributed by atoms with Crippen LogP contribution >= 0.6 is 0 Å². The van der Waals surface area contributed by atoms with Crippen molar-refractivity contribution in [3.63, 3.8) is 0 Å². The fourth-order valence-corrected chi connectivity index (χ4v) is 2.73. The van der Waals surface area contributed by atoms with Gasteiger partial charge in [-0.25, -0.2) is 0 Å². The van der Waals surface area contributed by atoms with Crippen LogP contribution in [-0.2, 0) is 6.42 Å². The van der Waals surface area contributed by atoms with E-state index in [0.29, 0.717) is 6.04 Å². The average Bonchev–Trinajstić information content (AvgIpc) is 2.55. The van der Waals surface area contributed by atoms with E-state index in [-0.39, 0.29) is 6.10 Å². The maximum Gasteiger partial charge on any atom is 0.0553 e. The molecule has 1 atom stereocenters. The molecule has 0 spiro atoms. The van der Waals surface area contributed by atoms with Crippen LogP contribution in [0.4, 0.5) is 0 Å². The number of aromatic nitrogens is 1. The lowest BCUT2D eigenvalue weighted by molar-refractivity contribution is 0.195. The molecule has 0 aliphatic heterocycles. The lowest BCUT2D eigenvalue weighted by Crippen LogP contribution is -2.15. The van der Waals surface area contributed by atoms with E-state index in [1.54, 1.807) is 0 Å². The Morgan fingerprint density at radius 2 is 2.12 bits per heavy atom. The van der Waals surface area contributed by atoms with E-state index in [1.807, 2.05) is 6.92 Å². The minimum atomic E-state index is -0.268. The molecule has 1 aliphatic rings. The first-order valence-corrected chi connectivity index (χ1v) is 6.52. The van der Waals surface area contributed by atoms with E-state index in [0.717, 1.165) is 6.42 Å². The van der Waals surface area contributed by atoms with Crippen molar-refractivity contribution < 1.29 is 5.11 Å². The molecule has 0 amide bonds. The second-order valence-electron chi connectivity index (χ2n) is 5.22. The van der Waals surface area contributed by atoms with Gasteiger partial charge in [0.1, 0.15) is 0 Å². The Morgan fingerprint density at radius 1 is 1.35 bits per heavy atom. The minimum absolute atomic E-state index is 0.268. The Kier molecular flexibility index (Phi) is 2.67. The van der Waals surface area contributed by atoms with Gasteiger partial charge < -0.3 is 9.67 Å². The topological polar surface area (TPSA) is 25.2 Å². The highest BCUT2D eigenvalue weighted by atomic mass is 16.3. The van der Waals surface area contributed by atoms with Crippen molar-refractivity contribution in [1.82, 2.24) is 4.57 Å². The fraction of sp³-hybridized carbons (Fsp3) is 0.467. The van der Waals surface area contributed by atoms with Crippen molar-refractivity contribution in [3.8, 4) is 0 Å². The van der Waals surface area contributed by atoms with Gasteiger partial charge in [0.15, 0.2) is 0 Å². The Morgan fingerprint density at radius 3 is 2.76 bits per heavy atom. The first kappa shape index (κ1) is 10.8. The minimum Gasteiger partial charge on any atom is -0.393 e. The normalized spacial score (nSPS) is 18.2. The number of hydrogen-bond acceptors (Lipinski definition) is 1. The molecule has 0 radical (unpaired) electrons. The van der Waals surface area contributed by atoms with Gasteiger partial charge in [-0.15, -0.1) is 0 Å². The summed E-state index contributed by atoms with van der Waals surface area (Å²) in [4.78, 5) is 0. The molecular weight excluding hydrogens is 210 g/mol. The van der Waals surface area contributed by atoms with E-state index in [4.69, 9.17) is 0 Å². The summed E-state index contributed by atoms with van der Waals surface area (Å²) in [6.45, 7) is 1.86. The van der Waals surface area contributed by atoms with Crippen LogP contribution in [0.1, 0.15) is 37.8 Å². The van der Waals surface area contributed by atoms with Gasteiger partial charge in [-0.3, -0.25) is 0 Å². The van der Waals surface area contributed by atoms with Crippen molar-refractivity contribution in [2.45, 2.75) is 44.8 Å². The van der Waals surface area contributed by atoms with Gasteiger partial charge in [-0.05, 0) is 37.8 Å². The van der Waals surface area contributed by atoms with Crippen molar-refractivity contribution in [2.24, 2.45) is 0 Å². The van der Waals surface area contributed by atoms with Crippen LogP contribution in [0.2, 0.25) is 0 Å². The van der Waals surface area contributed by atoms with Crippen molar-refractivity contribution in [3.05, 3.63) is 36.0 Å². The highest BCUT2D eigenvalue weighted by Crippen LogP contribution is 2.36. The fourth-order valence-electron chi connectivity index (χ4n) is 2.73. The zero-order valence-electron chi connectivity index (χ0n) is 10.3. The monoisotopic (exact) mass is 229 g/mol. The number of aliphatic hydroxyl groups excluding tert-OH is 1. The molecule has 1 heterocycles. The molecule has 17 heavy (non-hydrogen) atoms. The molecule has 0 saturated heterocycles. The second-order valence-corrected chi connectivity index (χ2v) is 5.22. The Bertz CT molecular complexity index is 523. The summed E-state index contributed by atoms with van der Waals surface area (Å²) in [5.74, 6) is 0. The molecule has 0 bridgehead atoms. The molecule has 1 N–H and O–H groups in total. The van der Waals surface area contributed by atoms with E-state index >= 15 is 0 Å². The zero-order valence-corrected chi connectivity index (χ0v) is 10.3. The third-order valence-corrected chi connectivity index (χ3v) is 3.81. The van der Waals surface area contributed by atoms with Gasteiger partial charge in [0.25, 0.3) is 0 Å². The number of rotatable bonds is 3. The van der Waals surface area contributed by atoms with E-state index in [2.05, 4.69) is 35.0 Å². The van der Waals surface area contributed by atoms with E-state index < -0.39 is 0 Å². The number of nitrogens with zero attached hydrogens (tertiary/aromatic N) is 1. The van der Waals surface area contributed by atoms with Crippen molar-refractivity contribution >= 4 is 10.9 Å². The first-order chi connectivity index (χ1) is 8.25. The molecule has 2 aromatic rings. The van der Waals surface area contributed by atoms with Crippen LogP contribution in [0.25, 0.3) is 10.9 Å². The van der Waals surface area contributed by atoms with Crippen molar-refractivity contribution in [2.75, 3.05) is 0 Å². The highest BCUT2D eigenvalue weighted by molar-refractivity contribution is 5.84. The van der Waals surface area contributed by atoms with Crippen LogP contribution in [0.15, 0.2) is 30.5 Å². The number of hydrogen-bond donors (Lipinski definition) is 1. The van der Waals surface area contributed by atoms with Gasteiger partial charge in [0, 0.05) is 29.6 Å². The molecule has 1 aromatic heterocycles. The lowest BCUT2D eigenvalue weighted by Gasteiger charge is -2.28. The third kappa shape index (κ3) is 1.87. The number of benzene rings is 1. The van der Waals surface area contributed by atoms with Gasteiger partial charge in [-0.1, -0.05) is 18.2 Å². The highest BCUT2D eigenvalue weighted by Gasteiger charge is 2.22. The predicted octanol–water partition coefficient (Wildman–Crippen LogP) is 3.29. The molecule has 1 unspecified atom stereocenters. The van der Waals surface area contributed by atoms with Gasteiger partial charge in [-0.2, -0.15) is 0 Å². The van der Waals surface area contributed by atoms with E-state index in [1.165, 1.54) is 35.7 Å². The largest absolute Gasteiger partial charge is 0.393 e. The molecule has 2 nitrogen and oxygen atoms in total. The quantitative estimate of drug-likeness (QED) is 0.858. The van der Waals surface area contributed by atoms with E-state index in [9.17, 15) is 5.11 Å². The average molecular weight is 229 g/mol. The first-order valence-electron chi connectivity index (χ1n) is 6.52. The van der Waals surface area contributed by atoms with Gasteiger partial charge >= 0.3 is 0 Å². The number of aliphatic hydroxyl groups is 1. The molecule has 1 fully saturated rings.